The fraction of sp³-hybridized carbons (Fsp3) is 1.00. The quantitative estimate of drug-likeness (QED) is 0.460. The Bertz CT molecular complexity index is 110. The number of likely N-dealkylation sites (N-methyl/N-ethyl adjacent to an activating group) is 1. The topological polar surface area (TPSA) is 20.2 Å². The molecular weight excluding hydrogens is 126 g/mol. The molecule has 1 aliphatic rings. The van der Waals surface area contributed by atoms with Crippen LogP contribution in [0, 0.1) is 0 Å². The zero-order valence-electron chi connectivity index (χ0n) is 7.01. The normalized spacial score (nSPS) is 24.3. The van der Waals surface area contributed by atoms with E-state index in [1.807, 2.05) is 0 Å². The second-order valence-corrected chi connectivity index (χ2v) is 3.25. The van der Waals surface area contributed by atoms with E-state index in [2.05, 4.69) is 13.8 Å². The van der Waals surface area contributed by atoms with Crippen molar-refractivity contribution >= 4 is 0 Å². The average molecular weight is 144 g/mol. The Kier molecular flexibility index (Phi) is 2.32. The molecule has 0 aromatic carbocycles. The first-order valence-corrected chi connectivity index (χ1v) is 4.29. The lowest BCUT2D eigenvalue weighted by atomic mass is 10.3. The van der Waals surface area contributed by atoms with Gasteiger partial charge in [-0.1, -0.05) is 6.92 Å². The summed E-state index contributed by atoms with van der Waals surface area (Å²) in [6.45, 7) is 7.77. The molecule has 0 aromatic heterocycles. The Labute approximate surface area is 63.1 Å². The minimum absolute atomic E-state index is 0.0741. The molecule has 60 valence electrons. The number of hydrogen-bond donors (Lipinski definition) is 1. The molecule has 0 spiro atoms. The van der Waals surface area contributed by atoms with Crippen molar-refractivity contribution in [3.63, 3.8) is 0 Å². The van der Waals surface area contributed by atoms with Gasteiger partial charge in [-0.25, -0.2) is 0 Å². The van der Waals surface area contributed by atoms with E-state index < -0.39 is 0 Å². The highest BCUT2D eigenvalue weighted by molar-refractivity contribution is 4.58. The molecule has 2 heteroatoms. The van der Waals surface area contributed by atoms with Gasteiger partial charge in [0.25, 0.3) is 0 Å². The van der Waals surface area contributed by atoms with Gasteiger partial charge in [0, 0.05) is 6.42 Å². The fourth-order valence-electron chi connectivity index (χ4n) is 1.49. The third-order valence-electron chi connectivity index (χ3n) is 2.61. The molecule has 2 nitrogen and oxygen atoms in total. The minimum Gasteiger partial charge on any atom is -0.345 e. The Hall–Kier alpha value is -0.0800. The minimum atomic E-state index is -0.0741. The largest absolute Gasteiger partial charge is 0.345 e. The van der Waals surface area contributed by atoms with Crippen LogP contribution < -0.4 is 0 Å². The average Bonchev–Trinajstić information content (AvgIpc) is 2.68. The van der Waals surface area contributed by atoms with E-state index in [0.29, 0.717) is 0 Å². The first kappa shape index (κ1) is 8.02. The van der Waals surface area contributed by atoms with E-state index >= 15 is 0 Å². The predicted molar refractivity (Wildman–Crippen MR) is 41.5 cm³/mol. The van der Waals surface area contributed by atoms with Gasteiger partial charge in [0.1, 0.15) is 13.1 Å². The third kappa shape index (κ3) is 1.32. The van der Waals surface area contributed by atoms with Gasteiger partial charge < -0.3 is 5.11 Å². The van der Waals surface area contributed by atoms with Crippen LogP contribution in [0.15, 0.2) is 0 Å². The highest BCUT2D eigenvalue weighted by atomic mass is 16.3. The maximum absolute atomic E-state index is 9.61. The molecule has 1 N–H and O–H groups in total. The summed E-state index contributed by atoms with van der Waals surface area (Å²) in [5.74, 6) is 0. The Morgan fingerprint density at radius 1 is 1.40 bits per heavy atom. The maximum atomic E-state index is 9.61. The van der Waals surface area contributed by atoms with Gasteiger partial charge in [0.2, 0.25) is 0 Å². The van der Waals surface area contributed by atoms with Crippen molar-refractivity contribution in [3.8, 4) is 0 Å². The molecule has 1 saturated heterocycles. The molecule has 1 aliphatic heterocycles. The van der Waals surface area contributed by atoms with Crippen molar-refractivity contribution in [2.45, 2.75) is 32.9 Å². The van der Waals surface area contributed by atoms with Gasteiger partial charge in [-0.15, -0.1) is 0 Å². The Balaban J connectivity index is 2.32. The Morgan fingerprint density at radius 3 is 2.30 bits per heavy atom. The number of rotatable bonds is 4. The summed E-state index contributed by atoms with van der Waals surface area (Å²) in [6, 6.07) is 0. The van der Waals surface area contributed by atoms with Crippen LogP contribution in [0.4, 0.5) is 0 Å². The highest BCUT2D eigenvalue weighted by Gasteiger charge is 2.46. The fourth-order valence-corrected chi connectivity index (χ4v) is 1.49. The van der Waals surface area contributed by atoms with Gasteiger partial charge in [0.15, 0.2) is 6.23 Å². The third-order valence-corrected chi connectivity index (χ3v) is 2.61. The van der Waals surface area contributed by atoms with Gasteiger partial charge in [-0.2, -0.15) is 0 Å². The molecule has 1 heterocycles. The van der Waals surface area contributed by atoms with Crippen molar-refractivity contribution in [2.24, 2.45) is 0 Å². The second kappa shape index (κ2) is 2.89. The summed E-state index contributed by atoms with van der Waals surface area (Å²) in [5.41, 5.74) is 0. The summed E-state index contributed by atoms with van der Waals surface area (Å²) in [7, 11) is 0. The van der Waals surface area contributed by atoms with Crippen molar-refractivity contribution in [2.75, 3.05) is 19.6 Å². The molecule has 1 unspecified atom stereocenters. The van der Waals surface area contributed by atoms with E-state index in [1.165, 1.54) is 13.1 Å². The SMILES string of the molecule is CCCC(O)[N+]1(CC)CC1. The zero-order chi connectivity index (χ0) is 7.61. The molecule has 1 fully saturated rings. The lowest BCUT2D eigenvalue weighted by Gasteiger charge is -2.22. The summed E-state index contributed by atoms with van der Waals surface area (Å²) in [6.07, 6.45) is 1.99. The van der Waals surface area contributed by atoms with E-state index in [9.17, 15) is 5.11 Å². The first-order valence-electron chi connectivity index (χ1n) is 4.29. The summed E-state index contributed by atoms with van der Waals surface area (Å²) in [5, 5.41) is 9.61. The van der Waals surface area contributed by atoms with Crippen LogP contribution >= 0.6 is 0 Å². The van der Waals surface area contributed by atoms with Crippen LogP contribution in [0.3, 0.4) is 0 Å². The van der Waals surface area contributed by atoms with E-state index in [0.717, 1.165) is 23.9 Å². The standard InChI is InChI=1S/C8H18NO/c1-3-5-8(10)9(4-2)6-7-9/h8,10H,3-7H2,1-2H3/q+1. The van der Waals surface area contributed by atoms with Gasteiger partial charge in [-0.3, -0.25) is 4.48 Å². The number of quaternary nitrogens is 1. The summed E-state index contributed by atoms with van der Waals surface area (Å²) >= 11 is 0. The number of hydrogen-bond acceptors (Lipinski definition) is 1. The lowest BCUT2D eigenvalue weighted by Crippen LogP contribution is -2.37. The zero-order valence-corrected chi connectivity index (χ0v) is 7.01. The lowest BCUT2D eigenvalue weighted by molar-refractivity contribution is -0.852. The predicted octanol–water partition coefficient (Wildman–Crippen LogP) is 0.955. The van der Waals surface area contributed by atoms with Crippen LogP contribution in [0.2, 0.25) is 0 Å². The number of nitrogens with zero attached hydrogens (tertiary/aromatic N) is 1. The van der Waals surface area contributed by atoms with E-state index in [4.69, 9.17) is 0 Å². The van der Waals surface area contributed by atoms with Crippen molar-refractivity contribution in [1.29, 1.82) is 0 Å². The molecule has 0 radical (unpaired) electrons. The van der Waals surface area contributed by atoms with E-state index in [-0.39, 0.29) is 6.23 Å². The molecule has 1 rings (SSSR count). The molecule has 1 atom stereocenters. The van der Waals surface area contributed by atoms with Crippen molar-refractivity contribution < 1.29 is 9.59 Å². The molecule has 0 saturated carbocycles. The van der Waals surface area contributed by atoms with Crippen LogP contribution in [0.1, 0.15) is 26.7 Å². The van der Waals surface area contributed by atoms with Crippen molar-refractivity contribution in [3.05, 3.63) is 0 Å². The van der Waals surface area contributed by atoms with Crippen LogP contribution in [-0.2, 0) is 0 Å². The van der Waals surface area contributed by atoms with Gasteiger partial charge >= 0.3 is 0 Å². The molecule has 0 aromatic rings. The van der Waals surface area contributed by atoms with E-state index in [1.54, 1.807) is 0 Å². The molecule has 0 aliphatic carbocycles. The molecule has 0 amide bonds. The second-order valence-electron chi connectivity index (χ2n) is 3.25. The van der Waals surface area contributed by atoms with Crippen LogP contribution in [0.25, 0.3) is 0 Å². The monoisotopic (exact) mass is 144 g/mol. The highest BCUT2D eigenvalue weighted by Crippen LogP contribution is 2.26. The molecule has 10 heavy (non-hydrogen) atoms. The van der Waals surface area contributed by atoms with Gasteiger partial charge in [-0.05, 0) is 13.3 Å². The summed E-state index contributed by atoms with van der Waals surface area (Å²) in [4.78, 5) is 0. The van der Waals surface area contributed by atoms with Crippen molar-refractivity contribution in [1.82, 2.24) is 0 Å². The van der Waals surface area contributed by atoms with Crippen LogP contribution in [0.5, 0.6) is 0 Å². The van der Waals surface area contributed by atoms with Crippen LogP contribution in [-0.4, -0.2) is 35.5 Å². The van der Waals surface area contributed by atoms with Gasteiger partial charge in [0.05, 0.1) is 6.54 Å². The first-order chi connectivity index (χ1) is 4.75. The smallest absolute Gasteiger partial charge is 0.190 e. The molecular formula is C8H18NO+. The Morgan fingerprint density at radius 2 is 2.00 bits per heavy atom. The number of aliphatic hydroxyl groups is 1. The summed E-state index contributed by atoms with van der Waals surface area (Å²) < 4.78 is 0.966. The number of aliphatic hydroxyl groups excluding tert-OH is 1. The maximum Gasteiger partial charge on any atom is 0.190 e. The molecule has 0 bridgehead atoms.